The van der Waals surface area contributed by atoms with Gasteiger partial charge in [-0.15, -0.1) is 0 Å². The first-order valence-corrected chi connectivity index (χ1v) is 8.78. The smallest absolute Gasteiger partial charge is 0.369 e. The zero-order valence-corrected chi connectivity index (χ0v) is 14.7. The van der Waals surface area contributed by atoms with Crippen molar-refractivity contribution in [3.63, 3.8) is 0 Å². The van der Waals surface area contributed by atoms with Crippen LogP contribution in [0.3, 0.4) is 0 Å². The Kier molecular flexibility index (Phi) is 5.43. The van der Waals surface area contributed by atoms with Crippen LogP contribution in [-0.2, 0) is 15.6 Å². The highest BCUT2D eigenvalue weighted by molar-refractivity contribution is 7.92. The average molecular weight is 431 g/mol. The first kappa shape index (κ1) is 22.0. The normalized spacial score (nSPS) is 13.5. The Bertz CT molecular complexity index is 939. The number of anilines is 1. The van der Waals surface area contributed by atoms with Gasteiger partial charge in [-0.1, -0.05) is 24.3 Å². The Morgan fingerprint density at radius 3 is 1.75 bits per heavy atom. The molecular weight excluding hydrogens is 419 g/mol. The van der Waals surface area contributed by atoms with Gasteiger partial charge < -0.3 is 5.11 Å². The summed E-state index contributed by atoms with van der Waals surface area (Å²) in [5.74, 6) is -1.09. The minimum atomic E-state index is -6.07. The van der Waals surface area contributed by atoms with Crippen molar-refractivity contribution in [1.82, 2.24) is 0 Å². The van der Waals surface area contributed by atoms with Crippen molar-refractivity contribution in [3.05, 3.63) is 59.9 Å². The molecule has 28 heavy (non-hydrogen) atoms. The van der Waals surface area contributed by atoms with Crippen molar-refractivity contribution in [3.8, 4) is 0 Å². The standard InChI is InChI=1S/C16H12F7NO3S/c1-24(28(26,27)13-5-3-2-4-12(13)17)11-8-6-10(7-9-11)14(25,15(18,19)20)16(21,22)23/h2-9,25H,1H3. The van der Waals surface area contributed by atoms with E-state index in [2.05, 4.69) is 0 Å². The lowest BCUT2D eigenvalue weighted by atomic mass is 9.92. The number of rotatable bonds is 4. The SMILES string of the molecule is CN(c1ccc(C(O)(C(F)(F)F)C(F)(F)F)cc1)S(=O)(=O)c1ccccc1F. The highest BCUT2D eigenvalue weighted by atomic mass is 32.2. The Labute approximate surface area is 154 Å². The number of benzene rings is 2. The van der Waals surface area contributed by atoms with E-state index < -0.39 is 44.3 Å². The third-order valence-electron chi connectivity index (χ3n) is 3.94. The van der Waals surface area contributed by atoms with E-state index in [1.165, 1.54) is 12.1 Å². The molecule has 0 saturated carbocycles. The predicted molar refractivity (Wildman–Crippen MR) is 84.4 cm³/mol. The summed E-state index contributed by atoms with van der Waals surface area (Å²) < 4.78 is 116. The monoisotopic (exact) mass is 431 g/mol. The molecule has 2 aromatic carbocycles. The van der Waals surface area contributed by atoms with Crippen molar-refractivity contribution in [2.45, 2.75) is 22.8 Å². The molecule has 0 fully saturated rings. The molecule has 1 N–H and O–H groups in total. The Morgan fingerprint density at radius 2 is 1.32 bits per heavy atom. The minimum absolute atomic E-state index is 0.295. The van der Waals surface area contributed by atoms with E-state index in [0.717, 1.165) is 19.2 Å². The van der Waals surface area contributed by atoms with Crippen LogP contribution in [-0.4, -0.2) is 32.9 Å². The Hall–Kier alpha value is -2.34. The van der Waals surface area contributed by atoms with Gasteiger partial charge in [-0.05, 0) is 24.3 Å². The predicted octanol–water partition coefficient (Wildman–Crippen LogP) is 3.96. The first-order valence-electron chi connectivity index (χ1n) is 7.34. The molecule has 0 spiro atoms. The fraction of sp³-hybridized carbons (Fsp3) is 0.250. The summed E-state index contributed by atoms with van der Waals surface area (Å²) in [6.45, 7) is 0. The molecule has 0 aliphatic carbocycles. The topological polar surface area (TPSA) is 57.6 Å². The van der Waals surface area contributed by atoms with Crippen LogP contribution in [0.15, 0.2) is 53.4 Å². The van der Waals surface area contributed by atoms with Gasteiger partial charge >= 0.3 is 12.4 Å². The van der Waals surface area contributed by atoms with Crippen LogP contribution in [0.1, 0.15) is 5.56 Å². The molecule has 0 aliphatic rings. The van der Waals surface area contributed by atoms with E-state index in [9.17, 15) is 44.3 Å². The molecule has 154 valence electrons. The summed E-state index contributed by atoms with van der Waals surface area (Å²) in [5, 5.41) is 9.33. The van der Waals surface area contributed by atoms with Crippen LogP contribution in [0, 0.1) is 5.82 Å². The highest BCUT2D eigenvalue weighted by Crippen LogP contribution is 2.50. The van der Waals surface area contributed by atoms with Crippen LogP contribution in [0.2, 0.25) is 0 Å². The molecular formula is C16H12F7NO3S. The molecule has 2 aromatic rings. The second-order valence-corrected chi connectivity index (χ2v) is 7.59. The Balaban J connectivity index is 2.48. The fourth-order valence-corrected chi connectivity index (χ4v) is 3.60. The number of nitrogens with zero attached hydrogens (tertiary/aromatic N) is 1. The lowest BCUT2D eigenvalue weighted by Gasteiger charge is -2.33. The van der Waals surface area contributed by atoms with Crippen LogP contribution >= 0.6 is 0 Å². The van der Waals surface area contributed by atoms with Crippen molar-refractivity contribution in [2.24, 2.45) is 0 Å². The maximum absolute atomic E-state index is 13.8. The van der Waals surface area contributed by atoms with E-state index in [4.69, 9.17) is 0 Å². The number of sulfonamides is 1. The van der Waals surface area contributed by atoms with Crippen molar-refractivity contribution in [2.75, 3.05) is 11.4 Å². The molecule has 0 amide bonds. The van der Waals surface area contributed by atoms with E-state index in [1.54, 1.807) is 0 Å². The van der Waals surface area contributed by atoms with Gasteiger partial charge in [-0.2, -0.15) is 26.3 Å². The first-order chi connectivity index (χ1) is 12.6. The number of halogens is 7. The fourth-order valence-electron chi connectivity index (χ4n) is 2.34. The van der Waals surface area contributed by atoms with Gasteiger partial charge in [0.15, 0.2) is 0 Å². The molecule has 4 nitrogen and oxygen atoms in total. The van der Waals surface area contributed by atoms with Gasteiger partial charge in [0.25, 0.3) is 15.6 Å². The van der Waals surface area contributed by atoms with Gasteiger partial charge in [0, 0.05) is 12.6 Å². The summed E-state index contributed by atoms with van der Waals surface area (Å²) in [5.41, 5.74) is -7.03. The largest absolute Gasteiger partial charge is 0.430 e. The zero-order chi connectivity index (χ0) is 21.5. The third-order valence-corrected chi connectivity index (χ3v) is 5.76. The second-order valence-electron chi connectivity index (χ2n) is 5.66. The molecule has 0 aromatic heterocycles. The number of aliphatic hydroxyl groups is 1. The lowest BCUT2D eigenvalue weighted by molar-refractivity contribution is -0.376. The minimum Gasteiger partial charge on any atom is -0.369 e. The van der Waals surface area contributed by atoms with Crippen molar-refractivity contribution in [1.29, 1.82) is 0 Å². The molecule has 0 saturated heterocycles. The molecule has 0 atom stereocenters. The molecule has 12 heteroatoms. The number of hydrogen-bond donors (Lipinski definition) is 1. The maximum Gasteiger partial charge on any atom is 0.430 e. The van der Waals surface area contributed by atoms with Gasteiger partial charge in [-0.25, -0.2) is 12.8 Å². The van der Waals surface area contributed by atoms with Crippen LogP contribution < -0.4 is 4.31 Å². The highest BCUT2D eigenvalue weighted by Gasteiger charge is 2.71. The summed E-state index contributed by atoms with van der Waals surface area (Å²) in [6, 6.07) is 6.15. The molecule has 0 aliphatic heterocycles. The number of hydrogen-bond acceptors (Lipinski definition) is 3. The van der Waals surface area contributed by atoms with Gasteiger partial charge in [0.05, 0.1) is 5.69 Å². The van der Waals surface area contributed by atoms with Crippen molar-refractivity contribution >= 4 is 15.7 Å². The second kappa shape index (κ2) is 6.92. The summed E-state index contributed by atoms with van der Waals surface area (Å²) in [4.78, 5) is -0.733. The molecule has 0 heterocycles. The van der Waals surface area contributed by atoms with Crippen molar-refractivity contribution < 1.29 is 44.3 Å². The lowest BCUT2D eigenvalue weighted by Crippen LogP contribution is -2.53. The van der Waals surface area contributed by atoms with E-state index in [1.807, 2.05) is 0 Å². The maximum atomic E-state index is 13.8. The van der Waals surface area contributed by atoms with Gasteiger partial charge in [0.1, 0.15) is 10.7 Å². The zero-order valence-electron chi connectivity index (χ0n) is 13.9. The summed E-state index contributed by atoms with van der Waals surface area (Å²) in [7, 11) is -3.54. The molecule has 0 unspecified atom stereocenters. The summed E-state index contributed by atoms with van der Waals surface area (Å²) in [6.07, 6.45) is -12.1. The quantitative estimate of drug-likeness (QED) is 0.746. The average Bonchev–Trinajstić information content (AvgIpc) is 2.58. The number of alkyl halides is 6. The Morgan fingerprint density at radius 1 is 0.857 bits per heavy atom. The van der Waals surface area contributed by atoms with Gasteiger partial charge in [-0.3, -0.25) is 4.31 Å². The van der Waals surface area contributed by atoms with E-state index >= 15 is 0 Å². The molecule has 2 rings (SSSR count). The summed E-state index contributed by atoms with van der Waals surface area (Å²) >= 11 is 0. The van der Waals surface area contributed by atoms with Crippen LogP contribution in [0.5, 0.6) is 0 Å². The van der Waals surface area contributed by atoms with E-state index in [-0.39, 0.29) is 5.69 Å². The molecule has 0 bridgehead atoms. The van der Waals surface area contributed by atoms with Crippen LogP contribution in [0.25, 0.3) is 0 Å². The van der Waals surface area contributed by atoms with Gasteiger partial charge in [0.2, 0.25) is 0 Å². The molecule has 0 radical (unpaired) electrons. The van der Waals surface area contributed by atoms with E-state index in [0.29, 0.717) is 28.6 Å². The third kappa shape index (κ3) is 3.53. The van der Waals surface area contributed by atoms with Crippen LogP contribution in [0.4, 0.5) is 36.4 Å².